The van der Waals surface area contributed by atoms with Crippen LogP contribution in [0.3, 0.4) is 0 Å². The molecule has 1 fully saturated rings. The first-order valence-electron chi connectivity index (χ1n) is 10.1. The van der Waals surface area contributed by atoms with Gasteiger partial charge in [-0.05, 0) is 68.0 Å². The largest absolute Gasteiger partial charge is 0.495 e. The normalized spacial score (nSPS) is 15.1. The van der Waals surface area contributed by atoms with Crippen molar-refractivity contribution in [1.29, 1.82) is 0 Å². The zero-order chi connectivity index (χ0) is 21.7. The van der Waals surface area contributed by atoms with Gasteiger partial charge in [-0.2, -0.15) is 0 Å². The number of urea groups is 1. The second-order valence-electron chi connectivity index (χ2n) is 7.66. The molecule has 1 saturated heterocycles. The summed E-state index contributed by atoms with van der Waals surface area (Å²) in [6.07, 6.45) is 1.49. The number of para-hydroxylation sites is 2. The van der Waals surface area contributed by atoms with Gasteiger partial charge in [0.25, 0.3) is 0 Å². The Labute approximate surface area is 178 Å². The van der Waals surface area contributed by atoms with Crippen LogP contribution >= 0.6 is 0 Å². The molecule has 1 heterocycles. The van der Waals surface area contributed by atoms with E-state index < -0.39 is 10.0 Å². The number of ether oxygens (including phenoxy) is 1. The summed E-state index contributed by atoms with van der Waals surface area (Å²) in [5, 5.41) is 2.88. The van der Waals surface area contributed by atoms with Gasteiger partial charge in [0.15, 0.2) is 0 Å². The fraction of sp³-hybridized carbons (Fsp3) is 0.409. The Kier molecular flexibility index (Phi) is 6.99. The third-order valence-corrected chi connectivity index (χ3v) is 7.02. The first-order valence-corrected chi connectivity index (χ1v) is 11.5. The number of hydrogen-bond donors (Lipinski definition) is 2. The van der Waals surface area contributed by atoms with Crippen LogP contribution in [0.15, 0.2) is 47.4 Å². The summed E-state index contributed by atoms with van der Waals surface area (Å²) < 4.78 is 33.1. The van der Waals surface area contributed by atoms with Crippen molar-refractivity contribution in [2.24, 2.45) is 5.92 Å². The van der Waals surface area contributed by atoms with Gasteiger partial charge in [0.05, 0.1) is 17.7 Å². The second kappa shape index (κ2) is 9.49. The molecule has 1 aliphatic heterocycles. The molecule has 2 amide bonds. The predicted molar refractivity (Wildman–Crippen MR) is 117 cm³/mol. The topological polar surface area (TPSA) is 87.7 Å². The number of benzene rings is 2. The molecule has 3 rings (SSSR count). The van der Waals surface area contributed by atoms with Gasteiger partial charge in [0.2, 0.25) is 10.0 Å². The molecule has 7 nitrogen and oxygen atoms in total. The van der Waals surface area contributed by atoms with Crippen molar-refractivity contribution >= 4 is 21.7 Å². The van der Waals surface area contributed by atoms with Crippen LogP contribution < -0.4 is 14.8 Å². The number of anilines is 1. The van der Waals surface area contributed by atoms with Gasteiger partial charge in [0.1, 0.15) is 5.75 Å². The monoisotopic (exact) mass is 431 g/mol. The van der Waals surface area contributed by atoms with Crippen LogP contribution in [0.4, 0.5) is 10.5 Å². The maximum absolute atomic E-state index is 12.6. The molecule has 0 unspecified atom stereocenters. The second-order valence-corrected chi connectivity index (χ2v) is 9.43. The lowest BCUT2D eigenvalue weighted by atomic mass is 9.97. The lowest BCUT2D eigenvalue weighted by molar-refractivity contribution is 0.183. The number of sulfonamides is 1. The molecule has 0 aliphatic carbocycles. The van der Waals surface area contributed by atoms with Gasteiger partial charge in [-0.3, -0.25) is 0 Å². The van der Waals surface area contributed by atoms with Gasteiger partial charge < -0.3 is 15.0 Å². The van der Waals surface area contributed by atoms with E-state index in [0.717, 1.165) is 24.0 Å². The Balaban J connectivity index is 1.50. The van der Waals surface area contributed by atoms with E-state index in [4.69, 9.17) is 4.74 Å². The summed E-state index contributed by atoms with van der Waals surface area (Å²) in [5.41, 5.74) is 2.65. The molecule has 0 spiro atoms. The predicted octanol–water partition coefficient (Wildman–Crippen LogP) is 3.53. The molecule has 2 N–H and O–H groups in total. The summed E-state index contributed by atoms with van der Waals surface area (Å²) in [6, 6.07) is 12.3. The van der Waals surface area contributed by atoms with E-state index in [2.05, 4.69) is 10.0 Å². The van der Waals surface area contributed by atoms with Crippen molar-refractivity contribution < 1.29 is 17.9 Å². The fourth-order valence-electron chi connectivity index (χ4n) is 3.47. The molecule has 0 aromatic heterocycles. The molecule has 0 saturated carbocycles. The van der Waals surface area contributed by atoms with Gasteiger partial charge in [-0.25, -0.2) is 17.9 Å². The number of aryl methyl sites for hydroxylation is 2. The molecule has 2 aromatic carbocycles. The Morgan fingerprint density at radius 1 is 1.10 bits per heavy atom. The number of rotatable bonds is 6. The minimum Gasteiger partial charge on any atom is -0.495 e. The fourth-order valence-corrected chi connectivity index (χ4v) is 4.68. The highest BCUT2D eigenvalue weighted by Gasteiger charge is 2.25. The smallest absolute Gasteiger partial charge is 0.321 e. The van der Waals surface area contributed by atoms with E-state index >= 15 is 0 Å². The van der Waals surface area contributed by atoms with Crippen LogP contribution in [0.25, 0.3) is 0 Å². The summed E-state index contributed by atoms with van der Waals surface area (Å²) >= 11 is 0. The Morgan fingerprint density at radius 2 is 1.80 bits per heavy atom. The van der Waals surface area contributed by atoms with Crippen LogP contribution in [-0.2, 0) is 10.0 Å². The molecule has 0 bridgehead atoms. The number of hydrogen-bond acceptors (Lipinski definition) is 4. The highest BCUT2D eigenvalue weighted by molar-refractivity contribution is 7.89. The minimum absolute atomic E-state index is 0.173. The van der Waals surface area contributed by atoms with Crippen LogP contribution in [0.5, 0.6) is 5.75 Å². The van der Waals surface area contributed by atoms with Gasteiger partial charge in [-0.15, -0.1) is 0 Å². The minimum atomic E-state index is -3.53. The average Bonchev–Trinajstić information content (AvgIpc) is 2.75. The summed E-state index contributed by atoms with van der Waals surface area (Å²) in [7, 11) is -1.97. The van der Waals surface area contributed by atoms with Crippen molar-refractivity contribution in [3.8, 4) is 5.75 Å². The third-order valence-electron chi connectivity index (χ3n) is 5.60. The Bertz CT molecular complexity index is 999. The van der Waals surface area contributed by atoms with E-state index in [1.54, 1.807) is 36.3 Å². The van der Waals surface area contributed by atoms with E-state index in [1.165, 1.54) is 0 Å². The summed E-state index contributed by atoms with van der Waals surface area (Å²) in [4.78, 5) is 14.6. The average molecular weight is 432 g/mol. The number of methoxy groups -OCH3 is 1. The van der Waals surface area contributed by atoms with Crippen LogP contribution in [-0.4, -0.2) is 46.1 Å². The zero-order valence-corrected chi connectivity index (χ0v) is 18.5. The highest BCUT2D eigenvalue weighted by Crippen LogP contribution is 2.24. The maximum atomic E-state index is 12.6. The number of amides is 2. The molecular weight excluding hydrogens is 402 g/mol. The highest BCUT2D eigenvalue weighted by atomic mass is 32.2. The molecule has 30 heavy (non-hydrogen) atoms. The van der Waals surface area contributed by atoms with Gasteiger partial charge >= 0.3 is 6.03 Å². The molecule has 8 heteroatoms. The molecule has 1 aliphatic rings. The van der Waals surface area contributed by atoms with E-state index in [0.29, 0.717) is 36.0 Å². The quantitative estimate of drug-likeness (QED) is 0.732. The SMILES string of the molecule is COc1ccccc1NC(=O)N1CCC(CNS(=O)(=O)c2ccc(C)c(C)c2)CC1. The molecular formula is C22H29N3O4S. The van der Waals surface area contributed by atoms with Crippen molar-refractivity contribution in [1.82, 2.24) is 9.62 Å². The summed E-state index contributed by atoms with van der Waals surface area (Å²) in [5.74, 6) is 0.808. The number of piperidine rings is 1. The molecule has 0 radical (unpaired) electrons. The molecule has 0 atom stereocenters. The number of nitrogens with one attached hydrogen (secondary N) is 2. The van der Waals surface area contributed by atoms with E-state index in [9.17, 15) is 13.2 Å². The Morgan fingerprint density at radius 3 is 2.47 bits per heavy atom. The number of likely N-dealkylation sites (tertiary alicyclic amines) is 1. The zero-order valence-electron chi connectivity index (χ0n) is 17.6. The lowest BCUT2D eigenvalue weighted by Gasteiger charge is -2.32. The van der Waals surface area contributed by atoms with Gasteiger partial charge in [0, 0.05) is 19.6 Å². The van der Waals surface area contributed by atoms with Crippen LogP contribution in [0.2, 0.25) is 0 Å². The molecule has 2 aromatic rings. The van der Waals surface area contributed by atoms with Gasteiger partial charge in [-0.1, -0.05) is 18.2 Å². The summed E-state index contributed by atoms with van der Waals surface area (Å²) in [6.45, 7) is 5.39. The first kappa shape index (κ1) is 22.1. The van der Waals surface area contributed by atoms with Crippen molar-refractivity contribution in [2.45, 2.75) is 31.6 Å². The van der Waals surface area contributed by atoms with Crippen molar-refractivity contribution in [3.63, 3.8) is 0 Å². The van der Waals surface area contributed by atoms with E-state index in [-0.39, 0.29) is 11.9 Å². The van der Waals surface area contributed by atoms with Crippen LogP contribution in [0, 0.1) is 19.8 Å². The van der Waals surface area contributed by atoms with Crippen molar-refractivity contribution in [3.05, 3.63) is 53.6 Å². The van der Waals surface area contributed by atoms with E-state index in [1.807, 2.05) is 32.0 Å². The van der Waals surface area contributed by atoms with Crippen LogP contribution in [0.1, 0.15) is 24.0 Å². The standard InChI is InChI=1S/C22H29N3O4S/c1-16-8-9-19(14-17(16)2)30(27,28)23-15-18-10-12-25(13-11-18)22(26)24-20-6-4-5-7-21(20)29-3/h4-9,14,18,23H,10-13,15H2,1-3H3,(H,24,26). The lowest BCUT2D eigenvalue weighted by Crippen LogP contribution is -2.43. The Hall–Kier alpha value is -2.58. The number of nitrogens with zero attached hydrogens (tertiary/aromatic N) is 1. The first-order chi connectivity index (χ1) is 14.3. The number of carbonyl (C=O) groups excluding carboxylic acids is 1. The van der Waals surface area contributed by atoms with Crippen molar-refractivity contribution in [2.75, 3.05) is 32.1 Å². The number of carbonyl (C=O) groups is 1. The third kappa shape index (κ3) is 5.31. The molecule has 162 valence electrons. The maximum Gasteiger partial charge on any atom is 0.321 e.